The number of anilines is 2. The number of hydrogen-bond donors (Lipinski definition) is 1. The van der Waals surface area contributed by atoms with Crippen molar-refractivity contribution >= 4 is 17.6 Å². The minimum atomic E-state index is -0.552. The van der Waals surface area contributed by atoms with Crippen LogP contribution in [0.15, 0.2) is 60.9 Å². The van der Waals surface area contributed by atoms with Crippen molar-refractivity contribution in [2.75, 3.05) is 11.9 Å². The molecular weight excluding hydrogens is 390 g/mol. The van der Waals surface area contributed by atoms with E-state index in [9.17, 15) is 4.79 Å². The van der Waals surface area contributed by atoms with Gasteiger partial charge in [0.25, 0.3) is 0 Å². The van der Waals surface area contributed by atoms with Gasteiger partial charge in [-0.1, -0.05) is 18.2 Å². The van der Waals surface area contributed by atoms with Crippen LogP contribution in [0.1, 0.15) is 45.5 Å². The lowest BCUT2D eigenvalue weighted by Gasteiger charge is -2.28. The van der Waals surface area contributed by atoms with Crippen LogP contribution in [0.3, 0.4) is 0 Å². The third-order valence-electron chi connectivity index (χ3n) is 4.94. The van der Waals surface area contributed by atoms with Crippen molar-refractivity contribution in [1.29, 1.82) is 0 Å². The van der Waals surface area contributed by atoms with E-state index < -0.39 is 5.60 Å². The topological polar surface area (TPSA) is 80.2 Å². The number of benzene rings is 1. The quantitative estimate of drug-likeness (QED) is 0.616. The van der Waals surface area contributed by atoms with Gasteiger partial charge in [-0.25, -0.2) is 14.8 Å². The van der Waals surface area contributed by atoms with Crippen molar-refractivity contribution in [3.63, 3.8) is 0 Å². The second-order valence-electron chi connectivity index (χ2n) is 8.56. The minimum Gasteiger partial charge on any atom is -0.444 e. The lowest BCUT2D eigenvalue weighted by atomic mass is 10.1. The van der Waals surface area contributed by atoms with Gasteiger partial charge in [0.1, 0.15) is 11.4 Å². The Morgan fingerprint density at radius 2 is 1.84 bits per heavy atom. The molecule has 1 aliphatic rings. The number of rotatable bonds is 4. The number of para-hydroxylation sites is 1. The molecule has 3 heterocycles. The maximum Gasteiger partial charge on any atom is 0.410 e. The summed E-state index contributed by atoms with van der Waals surface area (Å²) < 4.78 is 5.62. The third-order valence-corrected chi connectivity index (χ3v) is 4.94. The number of pyridine rings is 1. The Labute approximate surface area is 182 Å². The first kappa shape index (κ1) is 20.8. The van der Waals surface area contributed by atoms with E-state index in [1.54, 1.807) is 17.3 Å². The number of ether oxygens (including phenoxy) is 1. The van der Waals surface area contributed by atoms with E-state index in [1.807, 2.05) is 69.3 Å². The first-order valence-electron chi connectivity index (χ1n) is 10.5. The summed E-state index contributed by atoms with van der Waals surface area (Å²) >= 11 is 0. The molecule has 7 heteroatoms. The van der Waals surface area contributed by atoms with Crippen LogP contribution < -0.4 is 5.32 Å². The van der Waals surface area contributed by atoms with Crippen LogP contribution in [-0.2, 0) is 4.74 Å². The van der Waals surface area contributed by atoms with Gasteiger partial charge in [0.15, 0.2) is 5.82 Å². The Morgan fingerprint density at radius 3 is 2.55 bits per heavy atom. The van der Waals surface area contributed by atoms with Crippen molar-refractivity contribution in [2.24, 2.45) is 0 Å². The van der Waals surface area contributed by atoms with Crippen LogP contribution in [0, 0.1) is 0 Å². The van der Waals surface area contributed by atoms with Crippen LogP contribution in [-0.4, -0.2) is 38.1 Å². The van der Waals surface area contributed by atoms with E-state index in [1.165, 1.54) is 0 Å². The number of likely N-dealkylation sites (tertiary alicyclic amines) is 1. The number of carbonyl (C=O) groups is 1. The summed E-state index contributed by atoms with van der Waals surface area (Å²) in [7, 11) is 0. The summed E-state index contributed by atoms with van der Waals surface area (Å²) in [5, 5.41) is 3.36. The van der Waals surface area contributed by atoms with Gasteiger partial charge >= 0.3 is 6.09 Å². The molecule has 1 saturated heterocycles. The molecule has 0 unspecified atom stereocenters. The highest BCUT2D eigenvalue weighted by Gasteiger charge is 2.35. The molecule has 3 aromatic rings. The fourth-order valence-corrected chi connectivity index (χ4v) is 3.59. The second-order valence-corrected chi connectivity index (χ2v) is 8.56. The molecule has 4 rings (SSSR count). The van der Waals surface area contributed by atoms with Crippen LogP contribution in [0.4, 0.5) is 16.3 Å². The Balaban J connectivity index is 1.70. The minimum absolute atomic E-state index is 0.229. The Bertz CT molecular complexity index is 1030. The lowest BCUT2D eigenvalue weighted by molar-refractivity contribution is 0.0218. The van der Waals surface area contributed by atoms with E-state index in [4.69, 9.17) is 14.7 Å². The van der Waals surface area contributed by atoms with Gasteiger partial charge in [-0.3, -0.25) is 9.88 Å². The summed E-state index contributed by atoms with van der Waals surface area (Å²) in [6.45, 7) is 6.25. The zero-order valence-corrected chi connectivity index (χ0v) is 18.1. The molecule has 1 atom stereocenters. The first-order chi connectivity index (χ1) is 14.9. The second kappa shape index (κ2) is 8.71. The monoisotopic (exact) mass is 417 g/mol. The molecule has 1 fully saturated rings. The summed E-state index contributed by atoms with van der Waals surface area (Å²) in [5.41, 5.74) is 2.10. The van der Waals surface area contributed by atoms with Crippen LogP contribution in [0.25, 0.3) is 11.3 Å². The molecule has 1 aliphatic heterocycles. The highest BCUT2D eigenvalue weighted by atomic mass is 16.6. The average molecular weight is 418 g/mol. The number of nitrogens with one attached hydrogen (secondary N) is 1. The largest absolute Gasteiger partial charge is 0.444 e. The molecule has 0 spiro atoms. The molecule has 1 N–H and O–H groups in total. The van der Waals surface area contributed by atoms with E-state index in [-0.39, 0.29) is 12.1 Å². The maximum atomic E-state index is 12.8. The SMILES string of the molecule is CC(C)(C)OC(=O)N1CCC[C@H]1c1nc(Nc2ccccc2)cc(-c2ccncc2)n1. The maximum absolute atomic E-state index is 12.8. The van der Waals surface area contributed by atoms with Gasteiger partial charge in [-0.15, -0.1) is 0 Å². The molecule has 1 amide bonds. The predicted molar refractivity (Wildman–Crippen MR) is 120 cm³/mol. The summed E-state index contributed by atoms with van der Waals surface area (Å²) in [5.74, 6) is 1.29. The molecule has 2 aromatic heterocycles. The normalized spacial score (nSPS) is 16.2. The summed E-state index contributed by atoms with van der Waals surface area (Å²) in [4.78, 5) is 28.2. The van der Waals surface area contributed by atoms with Crippen LogP contribution in [0.2, 0.25) is 0 Å². The number of amides is 1. The van der Waals surface area contributed by atoms with E-state index in [2.05, 4.69) is 10.3 Å². The third kappa shape index (κ3) is 5.17. The van der Waals surface area contributed by atoms with Gasteiger partial charge in [-0.2, -0.15) is 0 Å². The number of carbonyl (C=O) groups excluding carboxylic acids is 1. The molecule has 31 heavy (non-hydrogen) atoms. The average Bonchev–Trinajstić information content (AvgIpc) is 3.24. The van der Waals surface area contributed by atoms with Crippen molar-refractivity contribution in [3.05, 3.63) is 66.7 Å². The fraction of sp³-hybridized carbons (Fsp3) is 0.333. The Hall–Kier alpha value is -3.48. The smallest absolute Gasteiger partial charge is 0.410 e. The Kier molecular flexibility index (Phi) is 5.84. The highest BCUT2D eigenvalue weighted by Crippen LogP contribution is 2.33. The first-order valence-corrected chi connectivity index (χ1v) is 10.5. The van der Waals surface area contributed by atoms with E-state index in [0.29, 0.717) is 18.2 Å². The lowest BCUT2D eigenvalue weighted by Crippen LogP contribution is -2.37. The Morgan fingerprint density at radius 1 is 1.10 bits per heavy atom. The van der Waals surface area contributed by atoms with Gasteiger partial charge < -0.3 is 10.1 Å². The number of hydrogen-bond acceptors (Lipinski definition) is 6. The van der Waals surface area contributed by atoms with Crippen molar-refractivity contribution in [1.82, 2.24) is 19.9 Å². The zero-order valence-electron chi connectivity index (χ0n) is 18.1. The molecule has 1 aromatic carbocycles. The van der Waals surface area contributed by atoms with Gasteiger partial charge in [-0.05, 0) is 57.9 Å². The molecular formula is C24H27N5O2. The molecule has 0 bridgehead atoms. The van der Waals surface area contributed by atoms with Gasteiger partial charge in [0, 0.05) is 36.3 Å². The zero-order chi connectivity index (χ0) is 21.8. The van der Waals surface area contributed by atoms with Crippen molar-refractivity contribution < 1.29 is 9.53 Å². The van der Waals surface area contributed by atoms with Gasteiger partial charge in [0.2, 0.25) is 0 Å². The molecule has 160 valence electrons. The molecule has 0 radical (unpaired) electrons. The van der Waals surface area contributed by atoms with Crippen molar-refractivity contribution in [2.45, 2.75) is 45.3 Å². The molecule has 7 nitrogen and oxygen atoms in total. The number of nitrogens with zero attached hydrogens (tertiary/aromatic N) is 4. The standard InChI is InChI=1S/C24H27N5O2/c1-24(2,3)31-23(30)29-15-7-10-20(29)22-27-19(17-11-13-25-14-12-17)16-21(28-22)26-18-8-5-4-6-9-18/h4-6,8-9,11-14,16,20H,7,10,15H2,1-3H3,(H,26,27,28)/t20-/m0/s1. The number of aromatic nitrogens is 3. The van der Waals surface area contributed by atoms with Crippen LogP contribution >= 0.6 is 0 Å². The molecule has 0 saturated carbocycles. The predicted octanol–water partition coefficient (Wildman–Crippen LogP) is 5.35. The van der Waals surface area contributed by atoms with Crippen molar-refractivity contribution in [3.8, 4) is 11.3 Å². The summed E-state index contributed by atoms with van der Waals surface area (Å²) in [6.07, 6.45) is 4.83. The molecule has 0 aliphatic carbocycles. The van der Waals surface area contributed by atoms with E-state index >= 15 is 0 Å². The fourth-order valence-electron chi connectivity index (χ4n) is 3.59. The van der Waals surface area contributed by atoms with Gasteiger partial charge in [0.05, 0.1) is 11.7 Å². The van der Waals surface area contributed by atoms with Crippen LogP contribution in [0.5, 0.6) is 0 Å². The summed E-state index contributed by atoms with van der Waals surface area (Å²) in [6, 6.07) is 15.4. The van der Waals surface area contributed by atoms with E-state index in [0.717, 1.165) is 29.8 Å². The highest BCUT2D eigenvalue weighted by molar-refractivity contribution is 5.70.